The predicted molar refractivity (Wildman–Crippen MR) is 132 cm³/mol. The highest BCUT2D eigenvalue weighted by Gasteiger charge is 2.21. The third kappa shape index (κ3) is 7.53. The van der Waals surface area contributed by atoms with Gasteiger partial charge in [-0.05, 0) is 35.7 Å². The minimum Gasteiger partial charge on any atom is -0.505 e. The molecule has 3 rings (SSSR count). The molecule has 0 saturated heterocycles. The maximum Gasteiger partial charge on any atom is 0.387 e. The van der Waals surface area contributed by atoms with Crippen LogP contribution in [0.3, 0.4) is 0 Å². The van der Waals surface area contributed by atoms with Gasteiger partial charge in [0.25, 0.3) is 5.56 Å². The molecule has 0 bridgehead atoms. The molecule has 37 heavy (non-hydrogen) atoms. The van der Waals surface area contributed by atoms with E-state index in [1.54, 1.807) is 49.4 Å². The van der Waals surface area contributed by atoms with Gasteiger partial charge < -0.3 is 29.8 Å². The van der Waals surface area contributed by atoms with Crippen molar-refractivity contribution in [2.75, 3.05) is 11.9 Å². The number of benzene rings is 2. The molecule has 0 aliphatic rings. The van der Waals surface area contributed by atoms with Gasteiger partial charge in [0, 0.05) is 19.7 Å². The summed E-state index contributed by atoms with van der Waals surface area (Å²) in [6, 6.07) is 12.9. The van der Waals surface area contributed by atoms with E-state index in [1.165, 1.54) is 29.9 Å². The molecule has 196 valence electrons. The summed E-state index contributed by atoms with van der Waals surface area (Å²) in [5.74, 6) is -0.924. The molecule has 2 aromatic carbocycles. The van der Waals surface area contributed by atoms with Gasteiger partial charge in [-0.2, -0.15) is 8.78 Å². The van der Waals surface area contributed by atoms with Crippen LogP contribution in [-0.4, -0.2) is 34.9 Å². The van der Waals surface area contributed by atoms with Crippen molar-refractivity contribution in [2.24, 2.45) is 7.05 Å². The van der Waals surface area contributed by atoms with Crippen LogP contribution in [0.4, 0.5) is 19.3 Å². The van der Waals surface area contributed by atoms with Crippen LogP contribution in [0.25, 0.3) is 0 Å². The Bertz CT molecular complexity index is 1310. The summed E-state index contributed by atoms with van der Waals surface area (Å²) in [5.41, 5.74) is 0.847. The average molecular weight is 516 g/mol. The molecular formula is C26H27F2N3O6. The summed E-state index contributed by atoms with van der Waals surface area (Å²) in [6.45, 7) is -1.17. The van der Waals surface area contributed by atoms with Crippen molar-refractivity contribution >= 4 is 17.7 Å². The molecule has 2 amide bonds. The largest absolute Gasteiger partial charge is 0.505 e. The Kier molecular flexibility index (Phi) is 9.20. The Morgan fingerprint density at radius 2 is 1.86 bits per heavy atom. The molecule has 0 aliphatic heterocycles. The lowest BCUT2D eigenvalue weighted by atomic mass is 9.97. The van der Waals surface area contributed by atoms with Crippen molar-refractivity contribution in [3.8, 4) is 11.5 Å². The fraction of sp³-hybridized carbons (Fsp3) is 0.269. The quantitative estimate of drug-likeness (QED) is 0.350. The van der Waals surface area contributed by atoms with Crippen LogP contribution in [-0.2, 0) is 23.0 Å². The molecule has 0 radical (unpaired) electrons. The molecule has 11 heteroatoms. The molecule has 0 aliphatic carbocycles. The van der Waals surface area contributed by atoms with Crippen LogP contribution in [0.2, 0.25) is 0 Å². The fourth-order valence-electron chi connectivity index (χ4n) is 3.68. The predicted octanol–water partition coefficient (Wildman–Crippen LogP) is 4.10. The van der Waals surface area contributed by atoms with Crippen molar-refractivity contribution in [3.63, 3.8) is 0 Å². The first-order valence-corrected chi connectivity index (χ1v) is 11.4. The Hall–Kier alpha value is -4.41. The van der Waals surface area contributed by atoms with Crippen molar-refractivity contribution in [1.82, 2.24) is 9.88 Å². The SMILES string of the molecule is CCOC(=O)C[C@H](NC(=O)Nc1c(O)ccn(C)c1=O)c1cccc(Cc2ccccc2OC(F)F)c1. The van der Waals surface area contributed by atoms with Gasteiger partial charge >= 0.3 is 18.6 Å². The molecule has 3 aromatic rings. The highest BCUT2D eigenvalue weighted by Crippen LogP contribution is 2.26. The number of hydrogen-bond donors (Lipinski definition) is 3. The number of esters is 1. The Morgan fingerprint density at radius 3 is 2.59 bits per heavy atom. The van der Waals surface area contributed by atoms with E-state index in [4.69, 9.17) is 4.74 Å². The van der Waals surface area contributed by atoms with Crippen LogP contribution < -0.4 is 20.9 Å². The zero-order valence-corrected chi connectivity index (χ0v) is 20.2. The molecule has 0 unspecified atom stereocenters. The summed E-state index contributed by atoms with van der Waals surface area (Å²) in [4.78, 5) is 37.3. The number of amides is 2. The number of aromatic nitrogens is 1. The maximum absolute atomic E-state index is 12.8. The zero-order valence-electron chi connectivity index (χ0n) is 20.2. The Labute approximate surface area is 211 Å². The van der Waals surface area contributed by atoms with Crippen molar-refractivity contribution in [1.29, 1.82) is 0 Å². The van der Waals surface area contributed by atoms with E-state index in [0.717, 1.165) is 0 Å². The van der Waals surface area contributed by atoms with E-state index in [-0.39, 0.29) is 30.9 Å². The lowest BCUT2D eigenvalue weighted by Crippen LogP contribution is -2.36. The monoisotopic (exact) mass is 515 g/mol. The smallest absolute Gasteiger partial charge is 0.387 e. The number of alkyl halides is 2. The van der Waals surface area contributed by atoms with Crippen LogP contribution in [0, 0.1) is 0 Å². The van der Waals surface area contributed by atoms with E-state index >= 15 is 0 Å². The second-order valence-electron chi connectivity index (χ2n) is 8.06. The molecule has 9 nitrogen and oxygen atoms in total. The number of carbonyl (C=O) groups is 2. The number of hydrogen-bond acceptors (Lipinski definition) is 6. The zero-order chi connectivity index (χ0) is 26.9. The summed E-state index contributed by atoms with van der Waals surface area (Å²) < 4.78 is 36.4. The lowest BCUT2D eigenvalue weighted by Gasteiger charge is -2.20. The van der Waals surface area contributed by atoms with Crippen LogP contribution in [0.15, 0.2) is 65.6 Å². The van der Waals surface area contributed by atoms with Gasteiger partial charge in [0.1, 0.15) is 11.5 Å². The first-order chi connectivity index (χ1) is 17.7. The van der Waals surface area contributed by atoms with E-state index in [9.17, 15) is 28.3 Å². The number of aryl methyl sites for hydroxylation is 1. The number of rotatable bonds is 10. The first kappa shape index (κ1) is 27.2. The number of aromatic hydroxyl groups is 1. The summed E-state index contributed by atoms with van der Waals surface area (Å²) in [5, 5.41) is 15.0. The highest BCUT2D eigenvalue weighted by atomic mass is 19.3. The third-order valence-electron chi connectivity index (χ3n) is 5.40. The average Bonchev–Trinajstić information content (AvgIpc) is 2.85. The molecule has 0 fully saturated rings. The first-order valence-electron chi connectivity index (χ1n) is 11.4. The number of ether oxygens (including phenoxy) is 2. The minimum atomic E-state index is -2.97. The minimum absolute atomic E-state index is 0.0488. The van der Waals surface area contributed by atoms with Gasteiger partial charge in [-0.1, -0.05) is 42.5 Å². The molecule has 1 atom stereocenters. The maximum atomic E-state index is 12.8. The standard InChI is InChI=1S/C26H27F2N3O6/c1-3-36-22(33)15-19(29-26(35)30-23-20(32)11-12-31(2)24(23)34)17-9-6-7-16(13-17)14-18-8-4-5-10-21(18)37-25(27)28/h4-13,19,25,32H,3,14-15H2,1-2H3,(H2,29,30,35)/t19-/m0/s1. The number of para-hydroxylation sites is 1. The van der Waals surface area contributed by atoms with Gasteiger partial charge in [0.05, 0.1) is 19.1 Å². The van der Waals surface area contributed by atoms with Crippen molar-refractivity contribution < 1.29 is 33.0 Å². The molecule has 1 aromatic heterocycles. The molecule has 3 N–H and O–H groups in total. The summed E-state index contributed by atoms with van der Waals surface area (Å²) >= 11 is 0. The van der Waals surface area contributed by atoms with Crippen LogP contribution >= 0.6 is 0 Å². The molecule has 1 heterocycles. The molecule has 0 saturated carbocycles. The van der Waals surface area contributed by atoms with Crippen LogP contribution in [0.5, 0.6) is 11.5 Å². The van der Waals surface area contributed by atoms with Crippen molar-refractivity contribution in [3.05, 3.63) is 87.8 Å². The van der Waals surface area contributed by atoms with Gasteiger partial charge in [-0.25, -0.2) is 4.79 Å². The van der Waals surface area contributed by atoms with Crippen LogP contribution in [0.1, 0.15) is 36.1 Å². The number of anilines is 1. The Morgan fingerprint density at radius 1 is 1.11 bits per heavy atom. The number of carbonyl (C=O) groups excluding carboxylic acids is 2. The number of nitrogens with zero attached hydrogens (tertiary/aromatic N) is 1. The normalized spacial score (nSPS) is 11.6. The van der Waals surface area contributed by atoms with Gasteiger partial charge in [0.15, 0.2) is 5.69 Å². The van der Waals surface area contributed by atoms with Gasteiger partial charge in [0.2, 0.25) is 0 Å². The topological polar surface area (TPSA) is 119 Å². The number of urea groups is 1. The van der Waals surface area contributed by atoms with E-state index in [0.29, 0.717) is 16.7 Å². The second kappa shape index (κ2) is 12.5. The highest BCUT2D eigenvalue weighted by molar-refractivity contribution is 5.91. The van der Waals surface area contributed by atoms with Gasteiger partial charge in [-0.3, -0.25) is 9.59 Å². The molecule has 0 spiro atoms. The second-order valence-corrected chi connectivity index (χ2v) is 8.06. The summed E-state index contributed by atoms with van der Waals surface area (Å²) in [7, 11) is 1.46. The lowest BCUT2D eigenvalue weighted by molar-refractivity contribution is -0.143. The van der Waals surface area contributed by atoms with E-state index < -0.39 is 36.0 Å². The fourth-order valence-corrected chi connectivity index (χ4v) is 3.68. The molecular weight excluding hydrogens is 488 g/mol. The number of nitrogens with one attached hydrogen (secondary N) is 2. The van der Waals surface area contributed by atoms with Crippen molar-refractivity contribution in [2.45, 2.75) is 32.4 Å². The van der Waals surface area contributed by atoms with E-state index in [1.807, 2.05) is 0 Å². The third-order valence-corrected chi connectivity index (χ3v) is 5.40. The van der Waals surface area contributed by atoms with Gasteiger partial charge in [-0.15, -0.1) is 0 Å². The number of halogens is 2. The number of pyridine rings is 1. The Balaban J connectivity index is 1.85. The summed E-state index contributed by atoms with van der Waals surface area (Å²) in [6.07, 6.45) is 1.39. The van der Waals surface area contributed by atoms with E-state index in [2.05, 4.69) is 15.4 Å².